The highest BCUT2D eigenvalue weighted by Gasteiger charge is 2.10. The first kappa shape index (κ1) is 21.7. The molecule has 2 rings (SSSR count). The summed E-state index contributed by atoms with van der Waals surface area (Å²) in [6.07, 6.45) is 3.92. The lowest BCUT2D eigenvalue weighted by atomic mass is 9.99. The molecule has 0 radical (unpaired) electrons. The first-order valence-corrected chi connectivity index (χ1v) is 9.95. The van der Waals surface area contributed by atoms with E-state index in [0.717, 1.165) is 41.8 Å². The highest BCUT2D eigenvalue weighted by Crippen LogP contribution is 2.32. The Kier molecular flexibility index (Phi) is 8.76. The molecule has 0 bridgehead atoms. The van der Waals surface area contributed by atoms with E-state index in [0.29, 0.717) is 18.8 Å². The molecule has 0 amide bonds. The molecule has 0 aromatic heterocycles. The van der Waals surface area contributed by atoms with Crippen LogP contribution in [0, 0.1) is 0 Å². The van der Waals surface area contributed by atoms with Crippen molar-refractivity contribution < 1.29 is 14.3 Å². The maximum atomic E-state index is 11.9. The molecule has 0 heterocycles. The molecule has 0 unspecified atom stereocenters. The first-order chi connectivity index (χ1) is 13.6. The van der Waals surface area contributed by atoms with Crippen molar-refractivity contribution in [3.8, 4) is 16.9 Å². The number of carbonyl (C=O) groups excluding carboxylic acids is 1. The minimum atomic E-state index is -0.292. The Labute approximate surface area is 168 Å². The normalized spacial score (nSPS) is 11.4. The van der Waals surface area contributed by atoms with Crippen molar-refractivity contribution in [3.63, 3.8) is 0 Å². The van der Waals surface area contributed by atoms with Crippen LogP contribution in [0.5, 0.6) is 5.75 Å². The Bertz CT molecular complexity index is 811. The molecule has 0 saturated carbocycles. The van der Waals surface area contributed by atoms with E-state index in [4.69, 9.17) is 9.47 Å². The Hall–Kier alpha value is -2.59. The zero-order valence-corrected chi connectivity index (χ0v) is 17.4. The Morgan fingerprint density at radius 3 is 2.68 bits per heavy atom. The molecule has 2 aromatic carbocycles. The van der Waals surface area contributed by atoms with Crippen molar-refractivity contribution >= 4 is 12.0 Å². The predicted molar refractivity (Wildman–Crippen MR) is 115 cm³/mol. The van der Waals surface area contributed by atoms with Gasteiger partial charge in [0.25, 0.3) is 0 Å². The van der Waals surface area contributed by atoms with Crippen molar-refractivity contribution in [2.45, 2.75) is 40.2 Å². The summed E-state index contributed by atoms with van der Waals surface area (Å²) >= 11 is 0. The van der Waals surface area contributed by atoms with Crippen LogP contribution in [0.25, 0.3) is 17.2 Å². The fourth-order valence-electron chi connectivity index (χ4n) is 2.92. The van der Waals surface area contributed by atoms with Gasteiger partial charge in [-0.2, -0.15) is 0 Å². The molecule has 0 aliphatic heterocycles. The number of nitrogens with one attached hydrogen (secondary N) is 1. The Morgan fingerprint density at radius 2 is 1.96 bits per heavy atom. The fourth-order valence-corrected chi connectivity index (χ4v) is 2.92. The predicted octanol–water partition coefficient (Wildman–Crippen LogP) is 5.22. The summed E-state index contributed by atoms with van der Waals surface area (Å²) in [5, 5.41) is 3.19. The monoisotopic (exact) mass is 381 g/mol. The molecule has 1 N–H and O–H groups in total. The molecule has 150 valence electrons. The van der Waals surface area contributed by atoms with Gasteiger partial charge in [-0.3, -0.25) is 0 Å². The number of unbranched alkanes of at least 4 members (excludes halogenated alkanes) is 1. The summed E-state index contributed by atoms with van der Waals surface area (Å²) in [4.78, 5) is 11.9. The average Bonchev–Trinajstić information content (AvgIpc) is 2.69. The zero-order chi connectivity index (χ0) is 20.4. The van der Waals surface area contributed by atoms with E-state index < -0.39 is 0 Å². The number of ether oxygens (including phenoxy) is 2. The van der Waals surface area contributed by atoms with E-state index >= 15 is 0 Å². The summed E-state index contributed by atoms with van der Waals surface area (Å²) < 4.78 is 11.2. The van der Waals surface area contributed by atoms with Gasteiger partial charge in [-0.1, -0.05) is 43.7 Å². The summed E-state index contributed by atoms with van der Waals surface area (Å²) in [7, 11) is 1.94. The van der Waals surface area contributed by atoms with E-state index in [1.54, 1.807) is 6.92 Å². The lowest BCUT2D eigenvalue weighted by Gasteiger charge is -2.14. The molecular weight excluding hydrogens is 350 g/mol. The van der Waals surface area contributed by atoms with Gasteiger partial charge in [0.05, 0.1) is 13.2 Å². The summed E-state index contributed by atoms with van der Waals surface area (Å²) in [5.74, 6) is 0.542. The van der Waals surface area contributed by atoms with Gasteiger partial charge in [0.2, 0.25) is 0 Å². The van der Waals surface area contributed by atoms with Crippen LogP contribution >= 0.6 is 0 Å². The number of hydrogen-bond donors (Lipinski definition) is 1. The van der Waals surface area contributed by atoms with Crippen molar-refractivity contribution in [1.29, 1.82) is 0 Å². The van der Waals surface area contributed by atoms with Crippen LogP contribution in [0.15, 0.2) is 48.0 Å². The van der Waals surface area contributed by atoms with Gasteiger partial charge in [-0.15, -0.1) is 0 Å². The summed E-state index contributed by atoms with van der Waals surface area (Å²) in [6, 6.07) is 14.5. The number of carbonyl (C=O) groups is 1. The lowest BCUT2D eigenvalue weighted by Crippen LogP contribution is -2.05. The maximum absolute atomic E-state index is 11.9. The van der Waals surface area contributed by atoms with Gasteiger partial charge >= 0.3 is 5.97 Å². The first-order valence-electron chi connectivity index (χ1n) is 9.95. The van der Waals surface area contributed by atoms with E-state index in [9.17, 15) is 4.79 Å². The van der Waals surface area contributed by atoms with E-state index in [-0.39, 0.29) is 5.97 Å². The highest BCUT2D eigenvalue weighted by atomic mass is 16.5. The second-order valence-electron chi connectivity index (χ2n) is 6.74. The summed E-state index contributed by atoms with van der Waals surface area (Å²) in [5.41, 5.74) is 4.90. The standard InChI is InChI=1S/C24H31NO3/c1-5-7-13-28-23-16-19(14-18(3)24(26)27-6-2)11-12-22(23)21-10-8-9-20(15-21)17-25-4/h8-12,14-16,25H,5-7,13,17H2,1-4H3. The van der Waals surface area contributed by atoms with Crippen molar-refractivity contribution in [1.82, 2.24) is 5.32 Å². The van der Waals surface area contributed by atoms with Gasteiger partial charge in [0.1, 0.15) is 5.75 Å². The van der Waals surface area contributed by atoms with Crippen molar-refractivity contribution in [3.05, 3.63) is 59.2 Å². The smallest absolute Gasteiger partial charge is 0.333 e. The van der Waals surface area contributed by atoms with Crippen LogP contribution < -0.4 is 10.1 Å². The van der Waals surface area contributed by atoms with Crippen LogP contribution in [0.2, 0.25) is 0 Å². The fraction of sp³-hybridized carbons (Fsp3) is 0.375. The molecule has 4 nitrogen and oxygen atoms in total. The Morgan fingerprint density at radius 1 is 1.14 bits per heavy atom. The van der Waals surface area contributed by atoms with Crippen LogP contribution in [0.3, 0.4) is 0 Å². The maximum Gasteiger partial charge on any atom is 0.333 e. The number of benzene rings is 2. The van der Waals surface area contributed by atoms with E-state index in [1.165, 1.54) is 5.56 Å². The molecule has 0 spiro atoms. The zero-order valence-electron chi connectivity index (χ0n) is 17.4. The van der Waals surface area contributed by atoms with Gasteiger partial charge in [-0.25, -0.2) is 4.79 Å². The molecular formula is C24H31NO3. The largest absolute Gasteiger partial charge is 0.493 e. The summed E-state index contributed by atoms with van der Waals surface area (Å²) in [6.45, 7) is 7.58. The third-order valence-corrected chi connectivity index (χ3v) is 4.36. The third kappa shape index (κ3) is 6.24. The van der Waals surface area contributed by atoms with Crippen LogP contribution in [0.1, 0.15) is 44.7 Å². The van der Waals surface area contributed by atoms with E-state index in [1.807, 2.05) is 32.2 Å². The van der Waals surface area contributed by atoms with Crippen LogP contribution in [-0.2, 0) is 16.1 Å². The SMILES string of the molecule is CCCCOc1cc(C=C(C)C(=O)OCC)ccc1-c1cccc(CNC)c1. The molecule has 28 heavy (non-hydrogen) atoms. The minimum absolute atomic E-state index is 0.292. The van der Waals surface area contributed by atoms with Gasteiger partial charge in [-0.05, 0) is 62.2 Å². The van der Waals surface area contributed by atoms with E-state index in [2.05, 4.69) is 42.6 Å². The minimum Gasteiger partial charge on any atom is -0.493 e. The molecule has 0 aliphatic rings. The molecule has 4 heteroatoms. The molecule has 0 fully saturated rings. The van der Waals surface area contributed by atoms with Gasteiger partial charge < -0.3 is 14.8 Å². The van der Waals surface area contributed by atoms with Crippen molar-refractivity contribution in [2.24, 2.45) is 0 Å². The Balaban J connectivity index is 2.38. The molecule has 0 aliphatic carbocycles. The second-order valence-corrected chi connectivity index (χ2v) is 6.74. The topological polar surface area (TPSA) is 47.6 Å². The lowest BCUT2D eigenvalue weighted by molar-refractivity contribution is -0.138. The van der Waals surface area contributed by atoms with Crippen molar-refractivity contribution in [2.75, 3.05) is 20.3 Å². The van der Waals surface area contributed by atoms with Crippen LogP contribution in [-0.4, -0.2) is 26.2 Å². The van der Waals surface area contributed by atoms with Gasteiger partial charge in [0.15, 0.2) is 0 Å². The average molecular weight is 382 g/mol. The number of esters is 1. The quantitative estimate of drug-likeness (QED) is 0.348. The highest BCUT2D eigenvalue weighted by molar-refractivity contribution is 5.93. The second kappa shape index (κ2) is 11.3. The number of rotatable bonds is 10. The number of hydrogen-bond acceptors (Lipinski definition) is 4. The molecule has 2 aromatic rings. The molecule has 0 saturated heterocycles. The van der Waals surface area contributed by atoms with Crippen LogP contribution in [0.4, 0.5) is 0 Å². The third-order valence-electron chi connectivity index (χ3n) is 4.36. The molecule has 0 atom stereocenters. The van der Waals surface area contributed by atoms with Gasteiger partial charge in [0, 0.05) is 17.7 Å².